The highest BCUT2D eigenvalue weighted by molar-refractivity contribution is 7.58. The van der Waals surface area contributed by atoms with Crippen LogP contribution in [0.1, 0.15) is 35.2 Å². The third-order valence-corrected chi connectivity index (χ3v) is 8.10. The quantitative estimate of drug-likeness (QED) is 0.366. The first-order valence-corrected chi connectivity index (χ1v) is 12.8. The summed E-state index contributed by atoms with van der Waals surface area (Å²) >= 11 is 0. The largest absolute Gasteiger partial charge is 0.512 e. The van der Waals surface area contributed by atoms with Crippen molar-refractivity contribution in [1.29, 1.82) is 0 Å². The zero-order valence-corrected chi connectivity index (χ0v) is 20.5. The van der Waals surface area contributed by atoms with Crippen LogP contribution >= 0.6 is 7.60 Å². The predicted octanol–water partition coefficient (Wildman–Crippen LogP) is 6.77. The number of carbonyl (C=O) groups excluding carboxylic acids is 1. The first kappa shape index (κ1) is 24.7. The molecule has 0 saturated carbocycles. The van der Waals surface area contributed by atoms with Crippen LogP contribution in [0.3, 0.4) is 0 Å². The van der Waals surface area contributed by atoms with Crippen molar-refractivity contribution in [3.8, 4) is 0 Å². The molecule has 7 nitrogen and oxygen atoms in total. The van der Waals surface area contributed by atoms with Gasteiger partial charge in [-0.15, -0.1) is 0 Å². The van der Waals surface area contributed by atoms with Crippen molar-refractivity contribution in [2.75, 3.05) is 14.2 Å². The molecular formula is C27H28NO6P. The van der Waals surface area contributed by atoms with E-state index in [0.29, 0.717) is 5.56 Å². The van der Waals surface area contributed by atoms with Crippen molar-refractivity contribution in [3.63, 3.8) is 0 Å². The van der Waals surface area contributed by atoms with Crippen LogP contribution in [0, 0.1) is 0 Å². The third kappa shape index (κ3) is 5.17. The number of nitrogens with zero attached hydrogens (tertiary/aromatic N) is 1. The van der Waals surface area contributed by atoms with Crippen molar-refractivity contribution in [1.82, 2.24) is 4.90 Å². The molecule has 1 N–H and O–H groups in total. The summed E-state index contributed by atoms with van der Waals surface area (Å²) in [5.74, 6) is -0.133. The molecule has 0 unspecified atom stereocenters. The number of carbonyl (C=O) groups is 1. The summed E-state index contributed by atoms with van der Waals surface area (Å²) in [5, 5.41) is 11.2. The van der Waals surface area contributed by atoms with Gasteiger partial charge in [0.05, 0.1) is 12.1 Å². The average Bonchev–Trinajstić information content (AvgIpc) is 2.92. The zero-order valence-electron chi connectivity index (χ0n) is 19.6. The number of aliphatic hydroxyl groups excluding tert-OH is 1. The normalized spacial score (nSPS) is 18.4. The highest BCUT2D eigenvalue weighted by Gasteiger charge is 2.49. The Labute approximate surface area is 205 Å². The van der Waals surface area contributed by atoms with Crippen LogP contribution in [0.25, 0.3) is 0 Å². The first-order valence-electron chi connectivity index (χ1n) is 11.2. The van der Waals surface area contributed by atoms with Gasteiger partial charge in [0.2, 0.25) is 0 Å². The minimum absolute atomic E-state index is 0.0255. The smallest absolute Gasteiger partial charge is 0.411 e. The molecule has 35 heavy (non-hydrogen) atoms. The van der Waals surface area contributed by atoms with Crippen molar-refractivity contribution >= 4 is 13.7 Å². The second-order valence-electron chi connectivity index (χ2n) is 8.09. The van der Waals surface area contributed by atoms with E-state index in [1.807, 2.05) is 78.9 Å². The van der Waals surface area contributed by atoms with Gasteiger partial charge in [-0.25, -0.2) is 4.79 Å². The number of ether oxygens (including phenoxy) is 1. The average molecular weight is 493 g/mol. The number of rotatable bonds is 7. The van der Waals surface area contributed by atoms with Gasteiger partial charge in [0, 0.05) is 20.6 Å². The van der Waals surface area contributed by atoms with Gasteiger partial charge in [0.1, 0.15) is 17.7 Å². The zero-order chi connectivity index (χ0) is 24.8. The van der Waals surface area contributed by atoms with Crippen LogP contribution < -0.4 is 0 Å². The molecule has 0 fully saturated rings. The molecule has 0 aliphatic carbocycles. The van der Waals surface area contributed by atoms with Crippen LogP contribution in [0.15, 0.2) is 102 Å². The Morgan fingerprint density at radius 3 is 1.94 bits per heavy atom. The van der Waals surface area contributed by atoms with Gasteiger partial charge in [-0.2, -0.15) is 0 Å². The Bertz CT molecular complexity index is 1210. The van der Waals surface area contributed by atoms with Gasteiger partial charge in [-0.1, -0.05) is 91.0 Å². The molecule has 0 aromatic heterocycles. The second-order valence-corrected chi connectivity index (χ2v) is 10.3. The van der Waals surface area contributed by atoms with Crippen LogP contribution in [0.2, 0.25) is 0 Å². The number of benzene rings is 3. The standard InChI is InChI=1S/C27H28NO6P/c1-32-35(31,33-2)26-24(29)18-23(21-14-8-4-9-15-21)28(25(26)22-16-10-5-11-17-22)27(30)34-19-20-12-6-3-7-13-20/h3-17,23,25,29H,18-19H2,1-2H3/t23-,25-/m1/s1. The minimum Gasteiger partial charge on any atom is -0.512 e. The number of amides is 1. The Morgan fingerprint density at radius 2 is 1.40 bits per heavy atom. The summed E-state index contributed by atoms with van der Waals surface area (Å²) in [5.41, 5.74) is 2.28. The summed E-state index contributed by atoms with van der Waals surface area (Å²) in [6.07, 6.45) is -0.583. The fourth-order valence-corrected chi connectivity index (χ4v) is 5.89. The van der Waals surface area contributed by atoms with Crippen molar-refractivity contribution in [2.45, 2.75) is 25.1 Å². The predicted molar refractivity (Wildman–Crippen MR) is 133 cm³/mol. The van der Waals surface area contributed by atoms with Crippen LogP contribution in [0.5, 0.6) is 0 Å². The van der Waals surface area contributed by atoms with Gasteiger partial charge >= 0.3 is 13.7 Å². The molecule has 8 heteroatoms. The lowest BCUT2D eigenvalue weighted by Crippen LogP contribution is -2.42. The van der Waals surface area contributed by atoms with Gasteiger partial charge in [0.15, 0.2) is 0 Å². The molecule has 3 aromatic carbocycles. The molecule has 1 heterocycles. The lowest BCUT2D eigenvalue weighted by atomic mass is 9.91. The molecule has 1 amide bonds. The van der Waals surface area contributed by atoms with E-state index in [1.165, 1.54) is 19.1 Å². The van der Waals surface area contributed by atoms with Crippen LogP contribution in [-0.4, -0.2) is 30.3 Å². The van der Waals surface area contributed by atoms with Crippen LogP contribution in [0.4, 0.5) is 4.79 Å². The number of aliphatic hydroxyl groups is 1. The van der Waals surface area contributed by atoms with E-state index in [9.17, 15) is 14.5 Å². The van der Waals surface area contributed by atoms with Crippen molar-refractivity contribution in [3.05, 3.63) is 119 Å². The van der Waals surface area contributed by atoms with Crippen molar-refractivity contribution in [2.24, 2.45) is 0 Å². The first-order chi connectivity index (χ1) is 17.0. The van der Waals surface area contributed by atoms with E-state index in [4.69, 9.17) is 13.8 Å². The fraction of sp³-hybridized carbons (Fsp3) is 0.222. The van der Waals surface area contributed by atoms with E-state index < -0.39 is 25.8 Å². The van der Waals surface area contributed by atoms with Gasteiger partial charge in [-0.3, -0.25) is 9.46 Å². The van der Waals surface area contributed by atoms with E-state index in [2.05, 4.69) is 0 Å². The summed E-state index contributed by atoms with van der Waals surface area (Å²) in [6, 6.07) is 26.3. The molecule has 2 atom stereocenters. The fourth-order valence-electron chi connectivity index (χ4n) is 4.37. The summed E-state index contributed by atoms with van der Waals surface area (Å²) in [4.78, 5) is 15.2. The molecule has 182 valence electrons. The maximum Gasteiger partial charge on any atom is 0.411 e. The topological polar surface area (TPSA) is 85.3 Å². The Balaban J connectivity index is 1.85. The second kappa shape index (κ2) is 10.9. The number of hydrogen-bond acceptors (Lipinski definition) is 6. The maximum absolute atomic E-state index is 13.7. The molecule has 0 saturated heterocycles. The van der Waals surface area contributed by atoms with E-state index >= 15 is 0 Å². The third-order valence-electron chi connectivity index (χ3n) is 6.05. The molecule has 1 aliphatic rings. The molecule has 0 spiro atoms. The monoisotopic (exact) mass is 493 g/mol. The summed E-state index contributed by atoms with van der Waals surface area (Å²) in [6.45, 7) is 0.0659. The summed E-state index contributed by atoms with van der Waals surface area (Å²) < 4.78 is 30.0. The van der Waals surface area contributed by atoms with Crippen LogP contribution in [-0.2, 0) is 25.0 Å². The molecule has 4 rings (SSSR count). The molecule has 0 radical (unpaired) electrons. The summed E-state index contributed by atoms with van der Waals surface area (Å²) in [7, 11) is -1.41. The minimum atomic E-state index is -3.93. The maximum atomic E-state index is 13.7. The van der Waals surface area contributed by atoms with E-state index in [1.54, 1.807) is 12.1 Å². The SMILES string of the molecule is COP(=O)(OC)C1=C(O)C[C@H](c2ccccc2)N(C(=O)OCc2ccccc2)[C@@H]1c1ccccc1. The Hall–Kier alpha value is -3.38. The lowest BCUT2D eigenvalue weighted by molar-refractivity contribution is 0.0570. The van der Waals surface area contributed by atoms with E-state index in [0.717, 1.165) is 11.1 Å². The molecule has 1 aliphatic heterocycles. The van der Waals surface area contributed by atoms with E-state index in [-0.39, 0.29) is 24.1 Å². The lowest BCUT2D eigenvalue weighted by Gasteiger charge is -2.43. The van der Waals surface area contributed by atoms with Gasteiger partial charge < -0.3 is 18.9 Å². The highest BCUT2D eigenvalue weighted by atomic mass is 31.2. The van der Waals surface area contributed by atoms with Crippen molar-refractivity contribution < 1.29 is 28.3 Å². The molecule has 0 bridgehead atoms. The van der Waals surface area contributed by atoms with Gasteiger partial charge in [-0.05, 0) is 16.7 Å². The molecular weight excluding hydrogens is 465 g/mol. The number of hydrogen-bond donors (Lipinski definition) is 1. The van der Waals surface area contributed by atoms with Gasteiger partial charge in [0.25, 0.3) is 0 Å². The molecule has 3 aromatic rings. The highest BCUT2D eigenvalue weighted by Crippen LogP contribution is 2.64. The Kier molecular flexibility index (Phi) is 7.71. The Morgan fingerprint density at radius 1 is 0.886 bits per heavy atom.